The van der Waals surface area contributed by atoms with E-state index >= 15 is 0 Å². The maximum atomic E-state index is 9.22. The number of hydrogen-bond acceptors (Lipinski definition) is 3. The van der Waals surface area contributed by atoms with Gasteiger partial charge in [-0.25, -0.2) is 0 Å². The van der Waals surface area contributed by atoms with E-state index in [1.807, 2.05) is 24.3 Å². The van der Waals surface area contributed by atoms with Crippen LogP contribution in [0.1, 0.15) is 0 Å². The van der Waals surface area contributed by atoms with E-state index in [0.717, 1.165) is 9.37 Å². The molecule has 0 radical (unpaired) electrons. The number of halogens is 1. The highest BCUT2D eigenvalue weighted by Gasteiger charge is 2.01. The van der Waals surface area contributed by atoms with E-state index in [-0.39, 0.29) is 0 Å². The van der Waals surface area contributed by atoms with Crippen molar-refractivity contribution in [3.05, 3.63) is 28.7 Å². The van der Waals surface area contributed by atoms with Crippen molar-refractivity contribution in [1.29, 1.82) is 0 Å². The Hall–Kier alpha value is -0.0300. The summed E-state index contributed by atoms with van der Waals surface area (Å²) >= 11 is 4.97. The molecule has 0 amide bonds. The van der Waals surface area contributed by atoms with Crippen molar-refractivity contribution in [3.8, 4) is 0 Å². The molecule has 0 fully saturated rings. The SMILES string of the molecule is NCC(O)CSc1ccc(Br)cc1. The summed E-state index contributed by atoms with van der Waals surface area (Å²) in [6.07, 6.45) is -0.409. The van der Waals surface area contributed by atoms with Crippen LogP contribution >= 0.6 is 27.7 Å². The minimum absolute atomic E-state index is 0.323. The van der Waals surface area contributed by atoms with E-state index in [9.17, 15) is 5.11 Å². The van der Waals surface area contributed by atoms with Crippen LogP contribution in [0.4, 0.5) is 0 Å². The van der Waals surface area contributed by atoms with Gasteiger partial charge in [-0.2, -0.15) is 0 Å². The summed E-state index contributed by atoms with van der Waals surface area (Å²) in [5.41, 5.74) is 5.29. The number of hydrogen-bond donors (Lipinski definition) is 2. The van der Waals surface area contributed by atoms with E-state index in [0.29, 0.717) is 12.3 Å². The fourth-order valence-electron chi connectivity index (χ4n) is 0.791. The molecule has 0 spiro atoms. The van der Waals surface area contributed by atoms with Crippen molar-refractivity contribution >= 4 is 27.7 Å². The van der Waals surface area contributed by atoms with Crippen molar-refractivity contribution in [2.24, 2.45) is 5.73 Å². The van der Waals surface area contributed by atoms with Crippen LogP contribution in [0.15, 0.2) is 33.6 Å². The predicted octanol–water partition coefficient (Wildman–Crippen LogP) is 1.86. The molecule has 0 saturated heterocycles. The van der Waals surface area contributed by atoms with E-state index in [4.69, 9.17) is 5.73 Å². The molecule has 72 valence electrons. The van der Waals surface area contributed by atoms with Crippen LogP contribution < -0.4 is 5.73 Å². The van der Waals surface area contributed by atoms with Gasteiger partial charge in [0, 0.05) is 21.7 Å². The molecular formula is C9H12BrNOS. The summed E-state index contributed by atoms with van der Waals surface area (Å²) in [7, 11) is 0. The second-order valence-electron chi connectivity index (χ2n) is 2.65. The highest BCUT2D eigenvalue weighted by Crippen LogP contribution is 2.20. The Bertz CT molecular complexity index is 252. The highest BCUT2D eigenvalue weighted by molar-refractivity contribution is 9.10. The van der Waals surface area contributed by atoms with E-state index < -0.39 is 6.10 Å². The third-order valence-corrected chi connectivity index (χ3v) is 3.21. The van der Waals surface area contributed by atoms with Crippen LogP contribution in [0.2, 0.25) is 0 Å². The van der Waals surface area contributed by atoms with Gasteiger partial charge in [-0.3, -0.25) is 0 Å². The predicted molar refractivity (Wildman–Crippen MR) is 59.9 cm³/mol. The van der Waals surface area contributed by atoms with Gasteiger partial charge in [-0.1, -0.05) is 15.9 Å². The van der Waals surface area contributed by atoms with Gasteiger partial charge in [-0.05, 0) is 24.3 Å². The maximum Gasteiger partial charge on any atom is 0.0756 e. The third kappa shape index (κ3) is 4.13. The first-order chi connectivity index (χ1) is 6.22. The minimum Gasteiger partial charge on any atom is -0.391 e. The Labute approximate surface area is 90.7 Å². The summed E-state index contributed by atoms with van der Waals surface area (Å²) in [5, 5.41) is 9.22. The first-order valence-electron chi connectivity index (χ1n) is 3.99. The number of aliphatic hydroxyl groups is 1. The summed E-state index contributed by atoms with van der Waals surface area (Å²) in [5.74, 6) is 0.651. The molecule has 4 heteroatoms. The lowest BCUT2D eigenvalue weighted by molar-refractivity contribution is 0.208. The van der Waals surface area contributed by atoms with Gasteiger partial charge in [-0.15, -0.1) is 11.8 Å². The fraction of sp³-hybridized carbons (Fsp3) is 0.333. The summed E-state index contributed by atoms with van der Waals surface area (Å²) in [6, 6.07) is 7.99. The Balaban J connectivity index is 2.41. The van der Waals surface area contributed by atoms with Crippen molar-refractivity contribution in [3.63, 3.8) is 0 Å². The molecular weight excluding hydrogens is 250 g/mol. The topological polar surface area (TPSA) is 46.2 Å². The van der Waals surface area contributed by atoms with Gasteiger partial charge >= 0.3 is 0 Å². The van der Waals surface area contributed by atoms with Gasteiger partial charge in [0.05, 0.1) is 6.10 Å². The first-order valence-corrected chi connectivity index (χ1v) is 5.76. The molecule has 1 rings (SSSR count). The average Bonchev–Trinajstić information content (AvgIpc) is 2.16. The largest absolute Gasteiger partial charge is 0.391 e. The average molecular weight is 262 g/mol. The first kappa shape index (κ1) is 11.0. The van der Waals surface area contributed by atoms with Gasteiger partial charge in [0.2, 0.25) is 0 Å². The molecule has 2 nitrogen and oxygen atoms in total. The lowest BCUT2D eigenvalue weighted by Gasteiger charge is -2.06. The molecule has 0 aliphatic rings. The fourth-order valence-corrected chi connectivity index (χ4v) is 1.91. The van der Waals surface area contributed by atoms with E-state index in [1.165, 1.54) is 0 Å². The Kier molecular flexibility index (Phi) is 4.80. The lowest BCUT2D eigenvalue weighted by atomic mass is 10.4. The molecule has 13 heavy (non-hydrogen) atoms. The van der Waals surface area contributed by atoms with Crippen LogP contribution in [0.3, 0.4) is 0 Å². The summed E-state index contributed by atoms with van der Waals surface area (Å²) in [6.45, 7) is 0.323. The standard InChI is InChI=1S/C9H12BrNOS/c10-7-1-3-9(4-2-7)13-6-8(12)5-11/h1-4,8,12H,5-6,11H2. The van der Waals surface area contributed by atoms with Crippen LogP contribution in [0.5, 0.6) is 0 Å². The van der Waals surface area contributed by atoms with E-state index in [1.54, 1.807) is 11.8 Å². The Morgan fingerprint density at radius 1 is 1.38 bits per heavy atom. The molecule has 0 saturated carbocycles. The second-order valence-corrected chi connectivity index (χ2v) is 4.66. The molecule has 0 aromatic heterocycles. The number of aliphatic hydroxyl groups excluding tert-OH is 1. The zero-order valence-electron chi connectivity index (χ0n) is 7.11. The van der Waals surface area contributed by atoms with Crippen LogP contribution in [0, 0.1) is 0 Å². The molecule has 0 heterocycles. The van der Waals surface area contributed by atoms with Crippen LogP contribution in [-0.2, 0) is 0 Å². The van der Waals surface area contributed by atoms with Crippen molar-refractivity contribution in [1.82, 2.24) is 0 Å². The molecule has 3 N–H and O–H groups in total. The van der Waals surface area contributed by atoms with Crippen molar-refractivity contribution in [2.75, 3.05) is 12.3 Å². The van der Waals surface area contributed by atoms with Gasteiger partial charge in [0.25, 0.3) is 0 Å². The van der Waals surface area contributed by atoms with Crippen LogP contribution in [0.25, 0.3) is 0 Å². The quantitative estimate of drug-likeness (QED) is 0.814. The molecule has 0 bridgehead atoms. The van der Waals surface area contributed by atoms with E-state index in [2.05, 4.69) is 15.9 Å². The van der Waals surface area contributed by atoms with Crippen LogP contribution in [-0.4, -0.2) is 23.5 Å². The monoisotopic (exact) mass is 261 g/mol. The number of thioether (sulfide) groups is 1. The highest BCUT2D eigenvalue weighted by atomic mass is 79.9. The Morgan fingerprint density at radius 2 is 2.00 bits per heavy atom. The van der Waals surface area contributed by atoms with Gasteiger partial charge < -0.3 is 10.8 Å². The van der Waals surface area contributed by atoms with Gasteiger partial charge in [0.1, 0.15) is 0 Å². The summed E-state index contributed by atoms with van der Waals surface area (Å²) in [4.78, 5) is 1.15. The summed E-state index contributed by atoms with van der Waals surface area (Å²) < 4.78 is 1.07. The minimum atomic E-state index is -0.409. The molecule has 1 aromatic rings. The third-order valence-electron chi connectivity index (χ3n) is 1.53. The normalized spacial score (nSPS) is 12.8. The van der Waals surface area contributed by atoms with Crippen molar-refractivity contribution < 1.29 is 5.11 Å². The number of nitrogens with two attached hydrogens (primary N) is 1. The number of benzene rings is 1. The Morgan fingerprint density at radius 3 is 2.54 bits per heavy atom. The maximum absolute atomic E-state index is 9.22. The molecule has 0 aliphatic carbocycles. The van der Waals surface area contributed by atoms with Gasteiger partial charge in [0.15, 0.2) is 0 Å². The number of rotatable bonds is 4. The second kappa shape index (κ2) is 5.65. The molecule has 1 unspecified atom stereocenters. The zero-order valence-corrected chi connectivity index (χ0v) is 9.51. The zero-order chi connectivity index (χ0) is 9.68. The molecule has 0 aliphatic heterocycles. The molecule has 1 aromatic carbocycles. The smallest absolute Gasteiger partial charge is 0.0756 e. The van der Waals surface area contributed by atoms with Crippen molar-refractivity contribution in [2.45, 2.75) is 11.0 Å². The lowest BCUT2D eigenvalue weighted by Crippen LogP contribution is -2.21. The molecule has 1 atom stereocenters.